The van der Waals surface area contributed by atoms with Gasteiger partial charge in [0.1, 0.15) is 0 Å². The molecule has 0 aliphatic rings. The lowest BCUT2D eigenvalue weighted by molar-refractivity contribution is 0.0738. The van der Waals surface area contributed by atoms with Gasteiger partial charge in [-0.1, -0.05) is 6.92 Å². The molecule has 15 heavy (non-hydrogen) atoms. The summed E-state index contributed by atoms with van der Waals surface area (Å²) in [6.07, 6.45) is 1.43. The lowest BCUT2D eigenvalue weighted by atomic mass is 10.1. The number of amides is 1. The zero-order valence-electron chi connectivity index (χ0n) is 9.10. The Hall–Kier alpha value is -1.43. The van der Waals surface area contributed by atoms with E-state index in [-0.39, 0.29) is 5.91 Å². The third kappa shape index (κ3) is 3.02. The van der Waals surface area contributed by atoms with Gasteiger partial charge in [0.2, 0.25) is 0 Å². The third-order valence-electron chi connectivity index (χ3n) is 2.24. The monoisotopic (exact) mass is 211 g/mol. The summed E-state index contributed by atoms with van der Waals surface area (Å²) in [6, 6.07) is 0. The molecule has 0 saturated carbocycles. The van der Waals surface area contributed by atoms with Gasteiger partial charge in [-0.05, 0) is 19.4 Å². The van der Waals surface area contributed by atoms with Crippen LogP contribution in [0.25, 0.3) is 0 Å². The van der Waals surface area contributed by atoms with E-state index in [9.17, 15) is 4.79 Å². The van der Waals surface area contributed by atoms with E-state index >= 15 is 0 Å². The fourth-order valence-corrected chi connectivity index (χ4v) is 1.27. The number of rotatable bonds is 5. The van der Waals surface area contributed by atoms with Gasteiger partial charge < -0.3 is 10.6 Å². The predicted molar refractivity (Wildman–Crippen MR) is 56.2 cm³/mol. The van der Waals surface area contributed by atoms with Crippen molar-refractivity contribution in [2.24, 2.45) is 11.7 Å². The first-order valence-corrected chi connectivity index (χ1v) is 5.04. The highest BCUT2D eigenvalue weighted by atomic mass is 16.2. The van der Waals surface area contributed by atoms with E-state index in [1.807, 2.05) is 13.8 Å². The van der Waals surface area contributed by atoms with E-state index in [1.54, 1.807) is 4.90 Å². The van der Waals surface area contributed by atoms with Gasteiger partial charge in [-0.2, -0.15) is 15.4 Å². The molecule has 1 unspecified atom stereocenters. The maximum atomic E-state index is 11.9. The zero-order valence-corrected chi connectivity index (χ0v) is 9.10. The Morgan fingerprint density at radius 3 is 2.93 bits per heavy atom. The van der Waals surface area contributed by atoms with Crippen molar-refractivity contribution in [3.8, 4) is 0 Å². The minimum Gasteiger partial charge on any atom is -0.337 e. The van der Waals surface area contributed by atoms with Gasteiger partial charge in [-0.25, -0.2) is 0 Å². The molecule has 3 N–H and O–H groups in total. The molecule has 0 aliphatic heterocycles. The summed E-state index contributed by atoms with van der Waals surface area (Å²) in [5, 5.41) is 9.80. The highest BCUT2D eigenvalue weighted by Crippen LogP contribution is 2.03. The first kappa shape index (κ1) is 11.6. The Balaban J connectivity index is 2.63. The maximum Gasteiger partial charge on any atom is 0.276 e. The summed E-state index contributed by atoms with van der Waals surface area (Å²) in [5.74, 6) is 0.187. The molecule has 0 aromatic carbocycles. The lowest BCUT2D eigenvalue weighted by Crippen LogP contribution is -2.36. The van der Waals surface area contributed by atoms with Crippen LogP contribution in [0.3, 0.4) is 0 Å². The van der Waals surface area contributed by atoms with Crippen molar-refractivity contribution in [1.29, 1.82) is 0 Å². The summed E-state index contributed by atoms with van der Waals surface area (Å²) < 4.78 is 0. The van der Waals surface area contributed by atoms with Crippen LogP contribution in [-0.4, -0.2) is 45.9 Å². The van der Waals surface area contributed by atoms with Crippen LogP contribution in [0.2, 0.25) is 0 Å². The fraction of sp³-hybridized carbons (Fsp3) is 0.667. The van der Waals surface area contributed by atoms with Crippen LogP contribution in [-0.2, 0) is 0 Å². The fourth-order valence-electron chi connectivity index (χ4n) is 1.27. The van der Waals surface area contributed by atoms with Crippen LogP contribution in [0.5, 0.6) is 0 Å². The summed E-state index contributed by atoms with van der Waals surface area (Å²) in [7, 11) is 0. The molecule has 6 nitrogen and oxygen atoms in total. The van der Waals surface area contributed by atoms with E-state index in [2.05, 4.69) is 15.4 Å². The van der Waals surface area contributed by atoms with E-state index < -0.39 is 0 Å². The first-order valence-electron chi connectivity index (χ1n) is 5.04. The third-order valence-corrected chi connectivity index (χ3v) is 2.24. The summed E-state index contributed by atoms with van der Waals surface area (Å²) in [6.45, 7) is 5.82. The van der Waals surface area contributed by atoms with Gasteiger partial charge in [0, 0.05) is 13.1 Å². The predicted octanol–water partition coefficient (Wildman–Crippen LogP) is -0.138. The number of carbonyl (C=O) groups is 1. The van der Waals surface area contributed by atoms with Crippen molar-refractivity contribution in [2.45, 2.75) is 13.8 Å². The van der Waals surface area contributed by atoms with E-state index in [0.29, 0.717) is 31.2 Å². The topological polar surface area (TPSA) is 87.9 Å². The van der Waals surface area contributed by atoms with E-state index in [0.717, 1.165) is 0 Å². The lowest BCUT2D eigenvalue weighted by Gasteiger charge is -2.22. The summed E-state index contributed by atoms with van der Waals surface area (Å²) in [4.78, 5) is 13.6. The van der Waals surface area contributed by atoms with Crippen LogP contribution >= 0.6 is 0 Å². The zero-order chi connectivity index (χ0) is 11.3. The number of carbonyl (C=O) groups excluding carboxylic acids is 1. The molecule has 1 amide bonds. The largest absolute Gasteiger partial charge is 0.337 e. The smallest absolute Gasteiger partial charge is 0.276 e. The second-order valence-electron chi connectivity index (χ2n) is 3.54. The van der Waals surface area contributed by atoms with Crippen LogP contribution < -0.4 is 5.73 Å². The Bertz CT molecular complexity index is 297. The molecule has 84 valence electrons. The van der Waals surface area contributed by atoms with Crippen LogP contribution in [0.1, 0.15) is 24.3 Å². The minimum atomic E-state index is -0.105. The van der Waals surface area contributed by atoms with E-state index in [4.69, 9.17) is 5.73 Å². The van der Waals surface area contributed by atoms with Crippen molar-refractivity contribution in [2.75, 3.05) is 19.6 Å². The van der Waals surface area contributed by atoms with Crippen molar-refractivity contribution in [3.05, 3.63) is 11.9 Å². The number of hydrogen-bond donors (Lipinski definition) is 2. The normalized spacial score (nSPS) is 12.5. The second-order valence-corrected chi connectivity index (χ2v) is 3.54. The molecule has 0 spiro atoms. The number of hydrogen-bond acceptors (Lipinski definition) is 4. The van der Waals surface area contributed by atoms with Gasteiger partial charge in [0.05, 0.1) is 6.20 Å². The van der Waals surface area contributed by atoms with Crippen molar-refractivity contribution in [1.82, 2.24) is 20.3 Å². The van der Waals surface area contributed by atoms with Crippen LogP contribution in [0.4, 0.5) is 0 Å². The number of aromatic nitrogens is 3. The highest BCUT2D eigenvalue weighted by molar-refractivity contribution is 5.91. The van der Waals surface area contributed by atoms with Gasteiger partial charge in [0.25, 0.3) is 5.91 Å². The van der Waals surface area contributed by atoms with Crippen molar-refractivity contribution >= 4 is 5.91 Å². The molecule has 0 saturated heterocycles. The molecule has 0 fully saturated rings. The molecular weight excluding hydrogens is 194 g/mol. The molecule has 0 radical (unpaired) electrons. The average Bonchev–Trinajstić information content (AvgIpc) is 2.77. The van der Waals surface area contributed by atoms with Crippen LogP contribution in [0.15, 0.2) is 6.20 Å². The minimum absolute atomic E-state index is 0.105. The Kier molecular flexibility index (Phi) is 4.23. The van der Waals surface area contributed by atoms with E-state index in [1.165, 1.54) is 6.20 Å². The Morgan fingerprint density at radius 1 is 1.73 bits per heavy atom. The number of nitrogens with one attached hydrogen (secondary N) is 1. The Morgan fingerprint density at radius 2 is 2.47 bits per heavy atom. The Labute approximate surface area is 88.8 Å². The quantitative estimate of drug-likeness (QED) is 0.709. The van der Waals surface area contributed by atoms with Crippen molar-refractivity contribution in [3.63, 3.8) is 0 Å². The molecule has 0 bridgehead atoms. The molecule has 6 heteroatoms. The number of nitrogens with zero attached hydrogens (tertiary/aromatic N) is 3. The molecule has 1 aromatic rings. The molecule has 1 atom stereocenters. The van der Waals surface area contributed by atoms with Crippen LogP contribution in [0, 0.1) is 5.92 Å². The molecular formula is C9H17N5O. The second kappa shape index (κ2) is 5.45. The van der Waals surface area contributed by atoms with Gasteiger partial charge in [0.15, 0.2) is 5.69 Å². The van der Waals surface area contributed by atoms with Crippen molar-refractivity contribution < 1.29 is 4.79 Å². The SMILES string of the molecule is CCN(CC(C)CN)C(=O)c1cn[nH]n1. The maximum absolute atomic E-state index is 11.9. The molecule has 1 rings (SSSR count). The summed E-state index contributed by atoms with van der Waals surface area (Å²) in [5.41, 5.74) is 5.87. The summed E-state index contributed by atoms with van der Waals surface area (Å²) >= 11 is 0. The highest BCUT2D eigenvalue weighted by Gasteiger charge is 2.18. The number of H-pyrrole nitrogens is 1. The number of aromatic amines is 1. The first-order chi connectivity index (χ1) is 7.19. The van der Waals surface area contributed by atoms with Gasteiger partial charge in [-0.3, -0.25) is 4.79 Å². The molecule has 0 aliphatic carbocycles. The van der Waals surface area contributed by atoms with Gasteiger partial charge >= 0.3 is 0 Å². The average molecular weight is 211 g/mol. The molecule has 1 aromatic heterocycles. The van der Waals surface area contributed by atoms with Gasteiger partial charge in [-0.15, -0.1) is 0 Å². The number of nitrogens with two attached hydrogens (primary N) is 1. The molecule has 1 heterocycles. The standard InChI is InChI=1S/C9H17N5O/c1-3-14(6-7(2)4-10)9(15)8-5-11-13-12-8/h5,7H,3-4,6,10H2,1-2H3,(H,11,12,13).